The fourth-order valence-corrected chi connectivity index (χ4v) is 2.60. The minimum Gasteiger partial charge on any atom is -0.489 e. The second-order valence-electron chi connectivity index (χ2n) is 9.51. The van der Waals surface area contributed by atoms with E-state index in [-0.39, 0.29) is 17.2 Å². The number of esters is 1. The molecule has 0 radical (unpaired) electrons. The Morgan fingerprint density at radius 1 is 0.727 bits per heavy atom. The summed E-state index contributed by atoms with van der Waals surface area (Å²) in [6.45, 7) is 23.8. The van der Waals surface area contributed by atoms with Crippen molar-refractivity contribution in [1.29, 1.82) is 0 Å². The van der Waals surface area contributed by atoms with E-state index in [0.717, 1.165) is 16.9 Å². The summed E-state index contributed by atoms with van der Waals surface area (Å²) < 4.78 is 17.1. The quantitative estimate of drug-likeness (QED) is 0.160. The summed E-state index contributed by atoms with van der Waals surface area (Å²) in [5.41, 5.74) is 1.45. The summed E-state index contributed by atoms with van der Waals surface area (Å²) >= 11 is 0. The average molecular weight is 457 g/mol. The van der Waals surface area contributed by atoms with Crippen LogP contribution in [-0.2, 0) is 19.0 Å². The van der Waals surface area contributed by atoms with Crippen molar-refractivity contribution in [2.24, 2.45) is 0 Å². The molecule has 0 unspecified atom stereocenters. The number of hydrogen-bond acceptors (Lipinski definition) is 4. The van der Waals surface area contributed by atoms with Crippen LogP contribution in [0.5, 0.6) is 0 Å². The van der Waals surface area contributed by atoms with Gasteiger partial charge in [0.1, 0.15) is 22.7 Å². The number of carbonyl (C=O) groups excluding carboxylic acids is 1. The van der Waals surface area contributed by atoms with E-state index in [1.54, 1.807) is 12.2 Å². The van der Waals surface area contributed by atoms with Crippen molar-refractivity contribution in [1.82, 2.24) is 0 Å². The van der Waals surface area contributed by atoms with Gasteiger partial charge in [-0.3, -0.25) is 4.79 Å². The van der Waals surface area contributed by atoms with Gasteiger partial charge in [0, 0.05) is 12.8 Å². The highest BCUT2D eigenvalue weighted by Gasteiger charge is 2.12. The van der Waals surface area contributed by atoms with Crippen LogP contribution in [0, 0.1) is 0 Å². The summed E-state index contributed by atoms with van der Waals surface area (Å²) in [4.78, 5) is 12.2. The van der Waals surface area contributed by atoms with Gasteiger partial charge in [-0.1, -0.05) is 37.5 Å². The lowest BCUT2D eigenvalue weighted by molar-refractivity contribution is -0.143. The molecule has 4 heteroatoms. The van der Waals surface area contributed by atoms with Crippen molar-refractivity contribution in [2.75, 3.05) is 6.61 Å². The van der Waals surface area contributed by atoms with E-state index in [4.69, 9.17) is 14.2 Å². The van der Waals surface area contributed by atoms with Crippen molar-refractivity contribution >= 4 is 5.97 Å². The van der Waals surface area contributed by atoms with Gasteiger partial charge in [0.15, 0.2) is 0 Å². The van der Waals surface area contributed by atoms with E-state index in [9.17, 15) is 4.79 Å². The summed E-state index contributed by atoms with van der Waals surface area (Å²) in [5.74, 6) is 1.25. The van der Waals surface area contributed by atoms with E-state index in [2.05, 4.69) is 13.2 Å². The smallest absolute Gasteiger partial charge is 0.306 e. The first-order chi connectivity index (χ1) is 15.3. The van der Waals surface area contributed by atoms with Gasteiger partial charge in [0.05, 0.1) is 6.61 Å². The SMILES string of the molecule is C=C/C(=C\C=C(/C=C)OC(C)(C)C)CCC(=O)OCCC(/C=C\C(=C/C)OC(C)(C)C)=C/C. The van der Waals surface area contributed by atoms with Crippen LogP contribution in [0.1, 0.15) is 74.7 Å². The first kappa shape index (κ1) is 30.2. The maximum Gasteiger partial charge on any atom is 0.306 e. The fourth-order valence-electron chi connectivity index (χ4n) is 2.60. The Morgan fingerprint density at radius 3 is 1.82 bits per heavy atom. The van der Waals surface area contributed by atoms with Gasteiger partial charge in [0.2, 0.25) is 0 Å². The molecule has 0 N–H and O–H groups in total. The predicted molar refractivity (Wildman–Crippen MR) is 140 cm³/mol. The molecule has 0 heterocycles. The predicted octanol–water partition coefficient (Wildman–Crippen LogP) is 7.92. The summed E-state index contributed by atoms with van der Waals surface area (Å²) in [6, 6.07) is 0. The maximum atomic E-state index is 12.2. The van der Waals surface area contributed by atoms with Gasteiger partial charge in [-0.05, 0) is 97.3 Å². The summed E-state index contributed by atoms with van der Waals surface area (Å²) in [6.07, 6.45) is 16.5. The Labute approximate surface area is 202 Å². The molecule has 0 aliphatic heterocycles. The van der Waals surface area contributed by atoms with Crippen molar-refractivity contribution in [3.05, 3.63) is 84.4 Å². The number of carbonyl (C=O) groups is 1. The van der Waals surface area contributed by atoms with Crippen LogP contribution in [-0.4, -0.2) is 23.8 Å². The van der Waals surface area contributed by atoms with Gasteiger partial charge < -0.3 is 14.2 Å². The van der Waals surface area contributed by atoms with Crippen LogP contribution in [0.25, 0.3) is 0 Å². The van der Waals surface area contributed by atoms with Crippen LogP contribution < -0.4 is 0 Å². The Balaban J connectivity index is 4.68. The molecule has 184 valence electrons. The van der Waals surface area contributed by atoms with Crippen LogP contribution >= 0.6 is 0 Å². The molecule has 0 amide bonds. The average Bonchev–Trinajstić information content (AvgIpc) is 2.72. The fraction of sp³-hybridized carbons (Fsp3) is 0.483. The van der Waals surface area contributed by atoms with E-state index in [0.29, 0.717) is 31.6 Å². The second kappa shape index (κ2) is 15.2. The molecule has 0 aliphatic rings. The lowest BCUT2D eigenvalue weighted by atomic mass is 10.1. The highest BCUT2D eigenvalue weighted by molar-refractivity contribution is 5.69. The van der Waals surface area contributed by atoms with Crippen molar-refractivity contribution in [3.63, 3.8) is 0 Å². The molecule has 0 atom stereocenters. The molecular weight excluding hydrogens is 412 g/mol. The van der Waals surface area contributed by atoms with E-state index >= 15 is 0 Å². The van der Waals surface area contributed by atoms with Gasteiger partial charge in [-0.2, -0.15) is 0 Å². The zero-order valence-corrected chi connectivity index (χ0v) is 22.0. The monoisotopic (exact) mass is 456 g/mol. The zero-order valence-electron chi connectivity index (χ0n) is 22.0. The first-order valence-electron chi connectivity index (χ1n) is 11.5. The Kier molecular flexibility index (Phi) is 13.9. The van der Waals surface area contributed by atoms with E-state index < -0.39 is 0 Å². The largest absolute Gasteiger partial charge is 0.489 e. The molecule has 0 aromatic carbocycles. The van der Waals surface area contributed by atoms with Crippen LogP contribution in [0.4, 0.5) is 0 Å². The number of rotatable bonds is 13. The first-order valence-corrected chi connectivity index (χ1v) is 11.5. The lowest BCUT2D eigenvalue weighted by Gasteiger charge is -2.21. The van der Waals surface area contributed by atoms with Crippen LogP contribution in [0.3, 0.4) is 0 Å². The molecule has 0 bridgehead atoms. The third-order valence-electron chi connectivity index (χ3n) is 4.16. The van der Waals surface area contributed by atoms with Gasteiger partial charge in [-0.25, -0.2) is 0 Å². The normalized spacial score (nSPS) is 14.3. The molecule has 0 aromatic rings. The summed E-state index contributed by atoms with van der Waals surface area (Å²) in [5, 5.41) is 0. The Bertz CT molecular complexity index is 790. The summed E-state index contributed by atoms with van der Waals surface area (Å²) in [7, 11) is 0. The highest BCUT2D eigenvalue weighted by Crippen LogP contribution is 2.17. The Morgan fingerprint density at radius 2 is 1.33 bits per heavy atom. The molecule has 0 saturated carbocycles. The minimum atomic E-state index is -0.305. The van der Waals surface area contributed by atoms with Gasteiger partial charge in [0.25, 0.3) is 0 Å². The van der Waals surface area contributed by atoms with Crippen LogP contribution in [0.2, 0.25) is 0 Å². The molecule has 0 rings (SSSR count). The number of ether oxygens (including phenoxy) is 3. The minimum absolute atomic E-state index is 0.230. The topological polar surface area (TPSA) is 44.8 Å². The third-order valence-corrected chi connectivity index (χ3v) is 4.16. The number of allylic oxidation sites excluding steroid dienone is 9. The number of hydrogen-bond donors (Lipinski definition) is 0. The molecule has 0 spiro atoms. The van der Waals surface area contributed by atoms with E-state index in [1.165, 1.54) is 0 Å². The van der Waals surface area contributed by atoms with Crippen molar-refractivity contribution in [2.45, 2.75) is 85.9 Å². The van der Waals surface area contributed by atoms with E-state index in [1.807, 2.05) is 91.8 Å². The highest BCUT2D eigenvalue weighted by atomic mass is 16.5. The van der Waals surface area contributed by atoms with Crippen LogP contribution in [0.15, 0.2) is 84.4 Å². The van der Waals surface area contributed by atoms with Crippen molar-refractivity contribution < 1.29 is 19.0 Å². The molecule has 0 aliphatic carbocycles. The van der Waals surface area contributed by atoms with Gasteiger partial charge in [-0.15, -0.1) is 0 Å². The molecule has 0 aromatic heterocycles. The zero-order chi connectivity index (χ0) is 25.5. The molecule has 0 saturated heterocycles. The van der Waals surface area contributed by atoms with Crippen molar-refractivity contribution in [3.8, 4) is 0 Å². The third kappa shape index (κ3) is 16.5. The standard InChI is InChI=1S/C29H44O4/c1-11-23(15-18-25(13-3)32-28(5,6)7)17-20-27(30)31-22-21-24(12-2)16-19-26(14-4)33-29(8,9)10/h11-16,18-19H,1,3,17,20-22H2,2,4-10H3/b19-16-,23-15+,24-12+,25-18+,26-14+. The molecule has 4 nitrogen and oxygen atoms in total. The molecular formula is C29H44O4. The second-order valence-corrected chi connectivity index (χ2v) is 9.51. The lowest BCUT2D eigenvalue weighted by Crippen LogP contribution is -2.18. The molecule has 0 fully saturated rings. The molecule has 33 heavy (non-hydrogen) atoms. The maximum absolute atomic E-state index is 12.2. The van der Waals surface area contributed by atoms with Gasteiger partial charge >= 0.3 is 5.97 Å². The Hall–Kier alpha value is -2.75.